The third-order valence-corrected chi connectivity index (χ3v) is 2.35. The maximum atomic E-state index is 12.6. The van der Waals surface area contributed by atoms with E-state index in [1.54, 1.807) is 0 Å². The van der Waals surface area contributed by atoms with Gasteiger partial charge in [-0.2, -0.15) is 13.2 Å². The van der Waals surface area contributed by atoms with Crippen molar-refractivity contribution in [3.8, 4) is 0 Å². The summed E-state index contributed by atoms with van der Waals surface area (Å²) < 4.78 is 37.8. The van der Waals surface area contributed by atoms with Crippen LogP contribution in [0, 0.1) is 0 Å². The van der Waals surface area contributed by atoms with Gasteiger partial charge in [-0.1, -0.05) is 0 Å². The van der Waals surface area contributed by atoms with Crippen LogP contribution in [-0.4, -0.2) is 23.0 Å². The van der Waals surface area contributed by atoms with Gasteiger partial charge in [0.05, 0.1) is 5.56 Å². The molecule has 0 saturated carbocycles. The van der Waals surface area contributed by atoms with Crippen molar-refractivity contribution in [2.24, 2.45) is 0 Å². The standard InChI is InChI=1S/C13H19F3N4O/c1-12(2,3)20-11(21)4-5-18-10-7-8(13(14,15)16)6-9(17)19-10/h6-7H,4-5H2,1-3H3,(H,20,21)(H3,17,18,19). The van der Waals surface area contributed by atoms with Crippen LogP contribution in [0.1, 0.15) is 32.8 Å². The quantitative estimate of drug-likeness (QED) is 0.798. The van der Waals surface area contributed by atoms with Crippen LogP contribution in [0.4, 0.5) is 24.8 Å². The predicted molar refractivity (Wildman–Crippen MR) is 74.7 cm³/mol. The molecule has 1 rings (SSSR count). The zero-order valence-corrected chi connectivity index (χ0v) is 12.1. The van der Waals surface area contributed by atoms with Gasteiger partial charge in [-0.15, -0.1) is 0 Å². The largest absolute Gasteiger partial charge is 0.416 e. The molecule has 0 aliphatic carbocycles. The molecule has 0 saturated heterocycles. The average Bonchev–Trinajstić information content (AvgIpc) is 2.24. The first-order valence-electron chi connectivity index (χ1n) is 6.37. The number of pyridine rings is 1. The van der Waals surface area contributed by atoms with E-state index >= 15 is 0 Å². The fraction of sp³-hybridized carbons (Fsp3) is 0.538. The summed E-state index contributed by atoms with van der Waals surface area (Å²) in [7, 11) is 0. The molecular weight excluding hydrogens is 285 g/mol. The number of hydrogen-bond donors (Lipinski definition) is 3. The number of rotatable bonds is 4. The summed E-state index contributed by atoms with van der Waals surface area (Å²) in [5, 5.41) is 5.41. The van der Waals surface area contributed by atoms with E-state index in [0.29, 0.717) is 0 Å². The van der Waals surface area contributed by atoms with Crippen molar-refractivity contribution in [2.75, 3.05) is 17.6 Å². The first kappa shape index (κ1) is 17.1. The number of nitrogens with two attached hydrogens (primary N) is 1. The topological polar surface area (TPSA) is 80.0 Å². The van der Waals surface area contributed by atoms with Gasteiger partial charge in [0.15, 0.2) is 0 Å². The van der Waals surface area contributed by atoms with Gasteiger partial charge in [0.25, 0.3) is 0 Å². The van der Waals surface area contributed by atoms with Gasteiger partial charge in [-0.05, 0) is 32.9 Å². The summed E-state index contributed by atoms with van der Waals surface area (Å²) in [4.78, 5) is 15.3. The molecule has 5 nitrogen and oxygen atoms in total. The maximum absolute atomic E-state index is 12.6. The van der Waals surface area contributed by atoms with E-state index in [4.69, 9.17) is 5.73 Å². The molecule has 0 aliphatic rings. The number of nitrogens with one attached hydrogen (secondary N) is 2. The number of anilines is 2. The highest BCUT2D eigenvalue weighted by atomic mass is 19.4. The Bertz CT molecular complexity index is 509. The second kappa shape index (κ2) is 6.19. The Labute approximate surface area is 121 Å². The molecule has 4 N–H and O–H groups in total. The first-order chi connectivity index (χ1) is 9.47. The molecule has 8 heteroatoms. The van der Waals surface area contributed by atoms with Gasteiger partial charge in [-0.3, -0.25) is 4.79 Å². The lowest BCUT2D eigenvalue weighted by Crippen LogP contribution is -2.41. The molecule has 0 unspecified atom stereocenters. The van der Waals surface area contributed by atoms with Gasteiger partial charge in [0.2, 0.25) is 5.91 Å². The number of amides is 1. The molecular formula is C13H19F3N4O. The molecule has 0 bridgehead atoms. The maximum Gasteiger partial charge on any atom is 0.416 e. The molecule has 0 atom stereocenters. The van der Waals surface area contributed by atoms with Crippen molar-refractivity contribution in [3.63, 3.8) is 0 Å². The normalized spacial score (nSPS) is 12.1. The van der Waals surface area contributed by atoms with E-state index < -0.39 is 11.7 Å². The number of nitrogens with zero attached hydrogens (tertiary/aromatic N) is 1. The zero-order chi connectivity index (χ0) is 16.3. The SMILES string of the molecule is CC(C)(C)NC(=O)CCNc1cc(C(F)(F)F)cc(N)n1. The molecule has 118 valence electrons. The Kier molecular flexibility index (Phi) is 5.03. The molecule has 21 heavy (non-hydrogen) atoms. The summed E-state index contributed by atoms with van der Waals surface area (Å²) in [5.41, 5.74) is 4.11. The third kappa shape index (κ3) is 6.33. The minimum atomic E-state index is -4.49. The Morgan fingerprint density at radius 2 is 1.90 bits per heavy atom. The minimum Gasteiger partial charge on any atom is -0.384 e. The Balaban J connectivity index is 2.60. The third-order valence-electron chi connectivity index (χ3n) is 2.35. The van der Waals surface area contributed by atoms with Crippen LogP contribution < -0.4 is 16.4 Å². The lowest BCUT2D eigenvalue weighted by atomic mass is 10.1. The number of nitrogen functional groups attached to an aromatic ring is 1. The highest BCUT2D eigenvalue weighted by Gasteiger charge is 2.31. The minimum absolute atomic E-state index is 0.00844. The average molecular weight is 304 g/mol. The molecule has 1 amide bonds. The molecule has 0 aliphatic heterocycles. The van der Waals surface area contributed by atoms with Crippen molar-refractivity contribution in [2.45, 2.75) is 38.9 Å². The van der Waals surface area contributed by atoms with Gasteiger partial charge in [-0.25, -0.2) is 4.98 Å². The van der Waals surface area contributed by atoms with E-state index in [0.717, 1.165) is 12.1 Å². The molecule has 1 aromatic heterocycles. The lowest BCUT2D eigenvalue weighted by molar-refractivity contribution is -0.137. The summed E-state index contributed by atoms with van der Waals surface area (Å²) >= 11 is 0. The van der Waals surface area contributed by atoms with Crippen molar-refractivity contribution in [1.29, 1.82) is 0 Å². The lowest BCUT2D eigenvalue weighted by Gasteiger charge is -2.20. The Hall–Kier alpha value is -1.99. The second-order valence-electron chi connectivity index (χ2n) is 5.64. The van der Waals surface area contributed by atoms with Gasteiger partial charge >= 0.3 is 6.18 Å². The molecule has 0 fully saturated rings. The van der Waals surface area contributed by atoms with Crippen LogP contribution in [0.3, 0.4) is 0 Å². The van der Waals surface area contributed by atoms with Crippen LogP contribution in [0.5, 0.6) is 0 Å². The first-order valence-corrected chi connectivity index (χ1v) is 6.37. The fourth-order valence-electron chi connectivity index (χ4n) is 1.59. The Morgan fingerprint density at radius 1 is 1.29 bits per heavy atom. The number of carbonyl (C=O) groups is 1. The van der Waals surface area contributed by atoms with Crippen molar-refractivity contribution in [3.05, 3.63) is 17.7 Å². The summed E-state index contributed by atoms with van der Waals surface area (Å²) in [6.07, 6.45) is -4.37. The van der Waals surface area contributed by atoms with Crippen LogP contribution >= 0.6 is 0 Å². The van der Waals surface area contributed by atoms with Crippen LogP contribution in [-0.2, 0) is 11.0 Å². The molecule has 1 heterocycles. The fourth-order valence-corrected chi connectivity index (χ4v) is 1.59. The Morgan fingerprint density at radius 3 is 2.43 bits per heavy atom. The summed E-state index contributed by atoms with van der Waals surface area (Å²) in [5.74, 6) is -0.438. The number of aromatic nitrogens is 1. The van der Waals surface area contributed by atoms with E-state index in [9.17, 15) is 18.0 Å². The monoisotopic (exact) mass is 304 g/mol. The van der Waals surface area contributed by atoms with E-state index in [1.807, 2.05) is 20.8 Å². The van der Waals surface area contributed by atoms with Gasteiger partial charge < -0.3 is 16.4 Å². The number of carbonyl (C=O) groups excluding carboxylic acids is 1. The second-order valence-corrected chi connectivity index (χ2v) is 5.64. The van der Waals surface area contributed by atoms with Crippen LogP contribution in [0.2, 0.25) is 0 Å². The van der Waals surface area contributed by atoms with E-state index in [-0.39, 0.29) is 36.0 Å². The number of alkyl halides is 3. The van der Waals surface area contributed by atoms with Gasteiger partial charge in [0.1, 0.15) is 11.6 Å². The highest BCUT2D eigenvalue weighted by molar-refractivity contribution is 5.77. The number of hydrogen-bond acceptors (Lipinski definition) is 4. The van der Waals surface area contributed by atoms with Crippen molar-refractivity contribution in [1.82, 2.24) is 10.3 Å². The summed E-state index contributed by atoms with van der Waals surface area (Å²) in [6, 6.07) is 1.62. The van der Waals surface area contributed by atoms with Gasteiger partial charge in [0, 0.05) is 18.5 Å². The molecule has 1 aromatic rings. The van der Waals surface area contributed by atoms with Crippen LogP contribution in [0.15, 0.2) is 12.1 Å². The van der Waals surface area contributed by atoms with Crippen LogP contribution in [0.25, 0.3) is 0 Å². The number of halogens is 3. The van der Waals surface area contributed by atoms with Crippen molar-refractivity contribution >= 4 is 17.5 Å². The summed E-state index contributed by atoms with van der Waals surface area (Å²) in [6.45, 7) is 5.68. The molecule has 0 aromatic carbocycles. The predicted octanol–water partition coefficient (Wildman–Crippen LogP) is 2.40. The van der Waals surface area contributed by atoms with E-state index in [1.165, 1.54) is 0 Å². The molecule has 0 radical (unpaired) electrons. The smallest absolute Gasteiger partial charge is 0.384 e. The van der Waals surface area contributed by atoms with Crippen molar-refractivity contribution < 1.29 is 18.0 Å². The van der Waals surface area contributed by atoms with E-state index in [2.05, 4.69) is 15.6 Å². The highest BCUT2D eigenvalue weighted by Crippen LogP contribution is 2.31. The zero-order valence-electron chi connectivity index (χ0n) is 12.1. The molecule has 0 spiro atoms.